The predicted molar refractivity (Wildman–Crippen MR) is 69.4 cm³/mol. The van der Waals surface area contributed by atoms with E-state index in [4.69, 9.17) is 15.6 Å². The van der Waals surface area contributed by atoms with Crippen molar-refractivity contribution in [2.24, 2.45) is 0 Å². The summed E-state index contributed by atoms with van der Waals surface area (Å²) >= 11 is 0. The van der Waals surface area contributed by atoms with Crippen LogP contribution >= 0.6 is 0 Å². The van der Waals surface area contributed by atoms with Crippen molar-refractivity contribution in [3.63, 3.8) is 0 Å². The van der Waals surface area contributed by atoms with Crippen molar-refractivity contribution >= 4 is 11.9 Å². The molecular weight excluding hydrogens is 234 g/mol. The number of aliphatic hydroxyl groups is 1. The summed E-state index contributed by atoms with van der Waals surface area (Å²) in [5.41, 5.74) is 5.58. The van der Waals surface area contributed by atoms with Gasteiger partial charge in [0.1, 0.15) is 0 Å². The van der Waals surface area contributed by atoms with Crippen LogP contribution in [0.1, 0.15) is 33.1 Å². The first-order chi connectivity index (χ1) is 8.65. The minimum Gasteiger partial charge on any atom is -0.463 e. The second-order valence-corrected chi connectivity index (χ2v) is 4.06. The number of rotatable bonds is 8. The van der Waals surface area contributed by atoms with Crippen molar-refractivity contribution in [3.8, 4) is 6.01 Å². The Balaban J connectivity index is 2.61. The Bertz CT molecular complexity index is 361. The molecule has 1 heterocycles. The maximum absolute atomic E-state index is 8.76. The van der Waals surface area contributed by atoms with Crippen molar-refractivity contribution in [3.05, 3.63) is 0 Å². The van der Waals surface area contributed by atoms with Crippen LogP contribution in [0.3, 0.4) is 0 Å². The molecule has 0 saturated heterocycles. The lowest BCUT2D eigenvalue weighted by Crippen LogP contribution is -2.18. The molecule has 0 aliphatic heterocycles. The molecule has 1 atom stereocenters. The van der Waals surface area contributed by atoms with Gasteiger partial charge in [-0.2, -0.15) is 15.0 Å². The van der Waals surface area contributed by atoms with Crippen LogP contribution in [0.15, 0.2) is 0 Å². The molecule has 1 aromatic rings. The van der Waals surface area contributed by atoms with Crippen molar-refractivity contribution < 1.29 is 9.84 Å². The Hall–Kier alpha value is -1.63. The average Bonchev–Trinajstić information content (AvgIpc) is 2.33. The van der Waals surface area contributed by atoms with Gasteiger partial charge in [-0.25, -0.2) is 0 Å². The summed E-state index contributed by atoms with van der Waals surface area (Å²) in [6.07, 6.45) is 2.43. The van der Waals surface area contributed by atoms with Crippen LogP contribution in [-0.2, 0) is 0 Å². The quantitative estimate of drug-likeness (QED) is 0.631. The third kappa shape index (κ3) is 5.13. The highest BCUT2D eigenvalue weighted by atomic mass is 16.5. The fraction of sp³-hybridized carbons (Fsp3) is 0.727. The number of nitrogens with two attached hydrogens (primary N) is 1. The number of nitrogen functional groups attached to an aromatic ring is 1. The van der Waals surface area contributed by atoms with Crippen LogP contribution < -0.4 is 15.8 Å². The second kappa shape index (κ2) is 7.65. The van der Waals surface area contributed by atoms with Gasteiger partial charge in [0.05, 0.1) is 6.61 Å². The van der Waals surface area contributed by atoms with Crippen LogP contribution in [0, 0.1) is 0 Å². The summed E-state index contributed by atoms with van der Waals surface area (Å²) in [6.45, 7) is 4.71. The first-order valence-electron chi connectivity index (χ1n) is 6.17. The fourth-order valence-corrected chi connectivity index (χ4v) is 1.38. The molecule has 102 valence electrons. The molecule has 7 nitrogen and oxygen atoms in total. The van der Waals surface area contributed by atoms with Gasteiger partial charge in [0, 0.05) is 12.6 Å². The molecule has 0 aromatic carbocycles. The van der Waals surface area contributed by atoms with E-state index in [9.17, 15) is 0 Å². The van der Waals surface area contributed by atoms with E-state index in [2.05, 4.69) is 20.3 Å². The van der Waals surface area contributed by atoms with Crippen LogP contribution in [0.5, 0.6) is 6.01 Å². The zero-order valence-corrected chi connectivity index (χ0v) is 10.9. The van der Waals surface area contributed by atoms with Crippen molar-refractivity contribution in [2.75, 3.05) is 24.3 Å². The molecule has 4 N–H and O–H groups in total. The fourth-order valence-electron chi connectivity index (χ4n) is 1.38. The first-order valence-corrected chi connectivity index (χ1v) is 6.17. The van der Waals surface area contributed by atoms with Crippen LogP contribution in [0.2, 0.25) is 0 Å². The third-order valence-corrected chi connectivity index (χ3v) is 2.24. The number of hydrogen-bond acceptors (Lipinski definition) is 7. The van der Waals surface area contributed by atoms with Gasteiger partial charge >= 0.3 is 6.01 Å². The highest BCUT2D eigenvalue weighted by molar-refractivity contribution is 5.33. The molecule has 0 spiro atoms. The Morgan fingerprint density at radius 3 is 2.83 bits per heavy atom. The Labute approximate surface area is 107 Å². The molecule has 0 bridgehead atoms. The van der Waals surface area contributed by atoms with Gasteiger partial charge in [0.15, 0.2) is 0 Å². The minimum atomic E-state index is 0.132. The Kier molecular flexibility index (Phi) is 6.13. The van der Waals surface area contributed by atoms with E-state index in [1.165, 1.54) is 0 Å². The summed E-state index contributed by atoms with van der Waals surface area (Å²) in [7, 11) is 0. The largest absolute Gasteiger partial charge is 0.463 e. The third-order valence-electron chi connectivity index (χ3n) is 2.24. The molecule has 0 aliphatic rings. The summed E-state index contributed by atoms with van der Waals surface area (Å²) < 4.78 is 5.32. The van der Waals surface area contributed by atoms with Gasteiger partial charge in [-0.15, -0.1) is 0 Å². The van der Waals surface area contributed by atoms with E-state index in [0.29, 0.717) is 12.6 Å². The van der Waals surface area contributed by atoms with Crippen LogP contribution in [0.4, 0.5) is 11.9 Å². The molecule has 0 saturated carbocycles. The molecule has 1 rings (SSSR count). The Morgan fingerprint density at radius 1 is 1.39 bits per heavy atom. The van der Waals surface area contributed by atoms with Crippen molar-refractivity contribution in [2.45, 2.75) is 39.2 Å². The first kappa shape index (κ1) is 14.4. The number of hydrogen-bond donors (Lipinski definition) is 3. The van der Waals surface area contributed by atoms with Gasteiger partial charge in [0.2, 0.25) is 11.9 Å². The molecule has 0 fully saturated rings. The number of anilines is 2. The lowest BCUT2D eigenvalue weighted by Gasteiger charge is -2.13. The standard InChI is InChI=1S/C11H21N5O2/c1-3-7-18-11-15-9(12)14-10(16-11)13-8(2)5-4-6-17/h8,17H,3-7H2,1-2H3,(H3,12,13,14,15,16). The van der Waals surface area contributed by atoms with Gasteiger partial charge in [-0.3, -0.25) is 0 Å². The molecule has 18 heavy (non-hydrogen) atoms. The number of nitrogens with one attached hydrogen (secondary N) is 1. The molecular formula is C11H21N5O2. The number of nitrogens with zero attached hydrogens (tertiary/aromatic N) is 3. The van der Waals surface area contributed by atoms with E-state index < -0.39 is 0 Å². The molecule has 0 amide bonds. The maximum Gasteiger partial charge on any atom is 0.323 e. The molecule has 0 aliphatic carbocycles. The van der Waals surface area contributed by atoms with E-state index in [-0.39, 0.29) is 24.6 Å². The van der Waals surface area contributed by atoms with Gasteiger partial charge in [-0.1, -0.05) is 6.92 Å². The predicted octanol–water partition coefficient (Wildman–Crippen LogP) is 0.815. The summed E-state index contributed by atoms with van der Waals surface area (Å²) in [5, 5.41) is 11.9. The lowest BCUT2D eigenvalue weighted by atomic mass is 10.2. The average molecular weight is 255 g/mol. The second-order valence-electron chi connectivity index (χ2n) is 4.06. The lowest BCUT2D eigenvalue weighted by molar-refractivity contribution is 0.281. The van der Waals surface area contributed by atoms with Gasteiger partial charge in [0.25, 0.3) is 0 Å². The highest BCUT2D eigenvalue weighted by Gasteiger charge is 2.08. The van der Waals surface area contributed by atoms with E-state index in [1.807, 2.05) is 13.8 Å². The van der Waals surface area contributed by atoms with Crippen molar-refractivity contribution in [1.29, 1.82) is 0 Å². The smallest absolute Gasteiger partial charge is 0.323 e. The zero-order chi connectivity index (χ0) is 13.4. The summed E-state index contributed by atoms with van der Waals surface area (Å²) in [4.78, 5) is 12.0. The molecule has 0 radical (unpaired) electrons. The SMILES string of the molecule is CCCOc1nc(N)nc(NC(C)CCCO)n1. The van der Waals surface area contributed by atoms with E-state index >= 15 is 0 Å². The molecule has 1 unspecified atom stereocenters. The normalized spacial score (nSPS) is 12.2. The van der Waals surface area contributed by atoms with Crippen LogP contribution in [-0.4, -0.2) is 39.3 Å². The molecule has 1 aromatic heterocycles. The molecule has 7 heteroatoms. The monoisotopic (exact) mass is 255 g/mol. The Morgan fingerprint density at radius 2 is 2.17 bits per heavy atom. The van der Waals surface area contributed by atoms with Crippen molar-refractivity contribution in [1.82, 2.24) is 15.0 Å². The van der Waals surface area contributed by atoms with Crippen LogP contribution in [0.25, 0.3) is 0 Å². The minimum absolute atomic E-state index is 0.132. The highest BCUT2D eigenvalue weighted by Crippen LogP contribution is 2.11. The number of ether oxygens (including phenoxy) is 1. The van der Waals surface area contributed by atoms with Gasteiger partial charge < -0.3 is 20.9 Å². The summed E-state index contributed by atoms with van der Waals surface area (Å²) in [6, 6.07) is 0.388. The zero-order valence-electron chi connectivity index (χ0n) is 10.9. The van der Waals surface area contributed by atoms with Gasteiger partial charge in [-0.05, 0) is 26.2 Å². The topological polar surface area (TPSA) is 106 Å². The van der Waals surface area contributed by atoms with E-state index in [0.717, 1.165) is 19.3 Å². The number of aliphatic hydroxyl groups excluding tert-OH is 1. The maximum atomic E-state index is 8.76. The van der Waals surface area contributed by atoms with E-state index in [1.54, 1.807) is 0 Å². The summed E-state index contributed by atoms with van der Waals surface area (Å²) in [5.74, 6) is 0.534. The number of aromatic nitrogens is 3.